The Labute approximate surface area is 117 Å². The molecule has 2 rings (SSSR count). The van der Waals surface area contributed by atoms with Crippen molar-refractivity contribution >= 4 is 17.4 Å². The summed E-state index contributed by atoms with van der Waals surface area (Å²) in [6.45, 7) is 3.34. The van der Waals surface area contributed by atoms with E-state index in [0.29, 0.717) is 17.5 Å². The van der Waals surface area contributed by atoms with Gasteiger partial charge in [-0.05, 0) is 12.5 Å². The molecule has 1 aromatic carbocycles. The maximum atomic E-state index is 6.06. The third-order valence-corrected chi connectivity index (χ3v) is 2.87. The van der Waals surface area contributed by atoms with Gasteiger partial charge in [0.1, 0.15) is 12.4 Å². The molecule has 0 bridgehead atoms. The van der Waals surface area contributed by atoms with Gasteiger partial charge in [-0.25, -0.2) is 0 Å². The van der Waals surface area contributed by atoms with E-state index in [-0.39, 0.29) is 0 Å². The van der Waals surface area contributed by atoms with Crippen molar-refractivity contribution in [2.24, 2.45) is 0 Å². The van der Waals surface area contributed by atoms with Gasteiger partial charge in [0.05, 0.1) is 12.4 Å². The van der Waals surface area contributed by atoms with Gasteiger partial charge in [0.25, 0.3) is 0 Å². The van der Waals surface area contributed by atoms with Crippen molar-refractivity contribution in [2.75, 3.05) is 11.9 Å². The number of rotatable bonds is 6. The van der Waals surface area contributed by atoms with Crippen LogP contribution in [0.4, 0.5) is 5.82 Å². The fraction of sp³-hybridized carbons (Fsp3) is 0.286. The van der Waals surface area contributed by atoms with Crippen LogP contribution in [0.25, 0.3) is 0 Å². The van der Waals surface area contributed by atoms with Crippen molar-refractivity contribution in [3.63, 3.8) is 0 Å². The first-order chi connectivity index (χ1) is 9.29. The van der Waals surface area contributed by atoms with Crippen molar-refractivity contribution < 1.29 is 4.74 Å². The largest absolute Gasteiger partial charge is 0.472 e. The third-order valence-electron chi connectivity index (χ3n) is 2.50. The Balaban J connectivity index is 1.98. The molecule has 0 amide bonds. The Morgan fingerprint density at radius 1 is 1.26 bits per heavy atom. The van der Waals surface area contributed by atoms with E-state index in [0.717, 1.165) is 24.3 Å². The molecule has 100 valence electrons. The number of nitrogens with one attached hydrogen (secondary N) is 1. The summed E-state index contributed by atoms with van der Waals surface area (Å²) >= 11 is 6.06. The van der Waals surface area contributed by atoms with Gasteiger partial charge in [0.15, 0.2) is 0 Å². The highest BCUT2D eigenvalue weighted by atomic mass is 35.5. The van der Waals surface area contributed by atoms with Crippen molar-refractivity contribution in [1.82, 2.24) is 9.97 Å². The number of nitrogens with zero attached hydrogens (tertiary/aromatic N) is 2. The van der Waals surface area contributed by atoms with Gasteiger partial charge in [-0.3, -0.25) is 4.98 Å². The van der Waals surface area contributed by atoms with E-state index in [9.17, 15) is 0 Å². The van der Waals surface area contributed by atoms with Gasteiger partial charge in [-0.15, -0.1) is 0 Å². The standard InChI is InChI=1S/C14H16ClN3O/c1-2-7-17-13-8-16-9-14(18-13)19-10-11-5-3-4-6-12(11)15/h3-6,8-9H,2,7,10H2,1H3,(H,17,18). The van der Waals surface area contributed by atoms with Gasteiger partial charge in [0, 0.05) is 17.1 Å². The second kappa shape index (κ2) is 6.95. The minimum atomic E-state index is 0.381. The summed E-state index contributed by atoms with van der Waals surface area (Å²) in [5.74, 6) is 1.21. The smallest absolute Gasteiger partial charge is 0.234 e. The topological polar surface area (TPSA) is 47.0 Å². The van der Waals surface area contributed by atoms with E-state index in [1.165, 1.54) is 0 Å². The molecule has 2 aromatic rings. The first-order valence-corrected chi connectivity index (χ1v) is 6.59. The van der Waals surface area contributed by atoms with Crippen LogP contribution in [0.2, 0.25) is 5.02 Å². The van der Waals surface area contributed by atoms with E-state index >= 15 is 0 Å². The summed E-state index contributed by atoms with van der Waals surface area (Å²) in [4.78, 5) is 8.41. The molecule has 0 spiro atoms. The lowest BCUT2D eigenvalue weighted by Crippen LogP contribution is -2.04. The number of halogens is 1. The molecule has 0 saturated heterocycles. The Morgan fingerprint density at radius 3 is 2.89 bits per heavy atom. The third kappa shape index (κ3) is 4.10. The van der Waals surface area contributed by atoms with Crippen LogP contribution in [0.5, 0.6) is 5.88 Å². The molecule has 19 heavy (non-hydrogen) atoms. The molecule has 1 N–H and O–H groups in total. The predicted octanol–water partition coefficient (Wildman–Crippen LogP) is 3.53. The Hall–Kier alpha value is -1.81. The van der Waals surface area contributed by atoms with E-state index in [1.807, 2.05) is 24.3 Å². The molecule has 0 aliphatic rings. The average Bonchev–Trinajstić information content (AvgIpc) is 2.45. The van der Waals surface area contributed by atoms with Crippen LogP contribution >= 0.6 is 11.6 Å². The molecule has 0 aliphatic heterocycles. The number of hydrogen-bond acceptors (Lipinski definition) is 4. The fourth-order valence-electron chi connectivity index (χ4n) is 1.52. The summed E-state index contributed by atoms with van der Waals surface area (Å²) in [5, 5.41) is 3.86. The lowest BCUT2D eigenvalue weighted by molar-refractivity contribution is 0.293. The number of ether oxygens (including phenoxy) is 1. The van der Waals surface area contributed by atoms with Crippen molar-refractivity contribution in [3.05, 3.63) is 47.2 Å². The van der Waals surface area contributed by atoms with E-state index < -0.39 is 0 Å². The molecule has 1 heterocycles. The summed E-state index contributed by atoms with van der Waals surface area (Å²) in [6.07, 6.45) is 4.30. The minimum absolute atomic E-state index is 0.381. The average molecular weight is 278 g/mol. The van der Waals surface area contributed by atoms with Crippen LogP contribution in [0.15, 0.2) is 36.7 Å². The maximum absolute atomic E-state index is 6.06. The molecule has 0 fully saturated rings. The van der Waals surface area contributed by atoms with Gasteiger partial charge >= 0.3 is 0 Å². The lowest BCUT2D eigenvalue weighted by Gasteiger charge is -2.08. The molecule has 0 aliphatic carbocycles. The van der Waals surface area contributed by atoms with Gasteiger partial charge < -0.3 is 10.1 Å². The fourth-order valence-corrected chi connectivity index (χ4v) is 1.71. The number of aromatic nitrogens is 2. The van der Waals surface area contributed by atoms with Crippen LogP contribution in [-0.2, 0) is 6.61 Å². The molecule has 1 aromatic heterocycles. The Kier molecular flexibility index (Phi) is 4.98. The summed E-state index contributed by atoms with van der Waals surface area (Å²) < 4.78 is 5.60. The lowest BCUT2D eigenvalue weighted by atomic mass is 10.2. The highest BCUT2D eigenvalue weighted by molar-refractivity contribution is 6.31. The summed E-state index contributed by atoms with van der Waals surface area (Å²) in [5.41, 5.74) is 0.929. The van der Waals surface area contributed by atoms with Crippen LogP contribution in [0.1, 0.15) is 18.9 Å². The quantitative estimate of drug-likeness (QED) is 0.877. The van der Waals surface area contributed by atoms with E-state index in [4.69, 9.17) is 16.3 Å². The molecular weight excluding hydrogens is 262 g/mol. The van der Waals surface area contributed by atoms with Gasteiger partial charge in [0.2, 0.25) is 5.88 Å². The molecule has 0 radical (unpaired) electrons. The number of benzene rings is 1. The molecule has 0 saturated carbocycles. The highest BCUT2D eigenvalue weighted by Gasteiger charge is 2.02. The second-order valence-electron chi connectivity index (χ2n) is 4.05. The van der Waals surface area contributed by atoms with Crippen molar-refractivity contribution in [2.45, 2.75) is 20.0 Å². The Morgan fingerprint density at radius 2 is 2.11 bits per heavy atom. The van der Waals surface area contributed by atoms with Crippen LogP contribution in [-0.4, -0.2) is 16.5 Å². The zero-order valence-corrected chi connectivity index (χ0v) is 11.5. The molecular formula is C14H16ClN3O. The zero-order chi connectivity index (χ0) is 13.5. The molecule has 0 atom stereocenters. The van der Waals surface area contributed by atoms with Gasteiger partial charge in [-0.1, -0.05) is 36.7 Å². The van der Waals surface area contributed by atoms with E-state index in [2.05, 4.69) is 22.2 Å². The monoisotopic (exact) mass is 277 g/mol. The molecule has 0 unspecified atom stereocenters. The van der Waals surface area contributed by atoms with E-state index in [1.54, 1.807) is 12.4 Å². The summed E-state index contributed by atoms with van der Waals surface area (Å²) in [7, 11) is 0. The minimum Gasteiger partial charge on any atom is -0.472 e. The van der Waals surface area contributed by atoms with Crippen molar-refractivity contribution in [3.8, 4) is 5.88 Å². The number of anilines is 1. The van der Waals surface area contributed by atoms with Gasteiger partial charge in [-0.2, -0.15) is 4.98 Å². The first-order valence-electron chi connectivity index (χ1n) is 6.21. The van der Waals surface area contributed by atoms with Crippen LogP contribution in [0, 0.1) is 0 Å². The van der Waals surface area contributed by atoms with Crippen LogP contribution < -0.4 is 10.1 Å². The Bertz CT molecular complexity index is 534. The van der Waals surface area contributed by atoms with Crippen molar-refractivity contribution in [1.29, 1.82) is 0 Å². The maximum Gasteiger partial charge on any atom is 0.234 e. The summed E-state index contributed by atoms with van der Waals surface area (Å²) in [6, 6.07) is 7.58. The second-order valence-corrected chi connectivity index (χ2v) is 4.46. The predicted molar refractivity (Wildman–Crippen MR) is 76.6 cm³/mol. The van der Waals surface area contributed by atoms with Crippen LogP contribution in [0.3, 0.4) is 0 Å². The first kappa shape index (κ1) is 13.6. The SMILES string of the molecule is CCCNc1cncc(OCc2ccccc2Cl)n1. The molecule has 4 nitrogen and oxygen atoms in total. The zero-order valence-electron chi connectivity index (χ0n) is 10.8. The highest BCUT2D eigenvalue weighted by Crippen LogP contribution is 2.17. The number of hydrogen-bond donors (Lipinski definition) is 1. The normalized spacial score (nSPS) is 10.2. The molecule has 5 heteroatoms.